The summed E-state index contributed by atoms with van der Waals surface area (Å²) >= 11 is 1.86. The first-order valence-corrected chi connectivity index (χ1v) is 16.9. The van der Waals surface area contributed by atoms with Gasteiger partial charge in [-0.05, 0) is 63.0 Å². The minimum absolute atomic E-state index is 0.543. The van der Waals surface area contributed by atoms with E-state index in [1.807, 2.05) is 23.6 Å². The molecule has 3 nitrogen and oxygen atoms in total. The summed E-state index contributed by atoms with van der Waals surface area (Å²) in [6.07, 6.45) is 1.87. The van der Waals surface area contributed by atoms with Crippen molar-refractivity contribution in [1.82, 2.24) is 9.97 Å². The van der Waals surface area contributed by atoms with E-state index in [2.05, 4.69) is 146 Å². The highest BCUT2D eigenvalue weighted by atomic mass is 32.1. The zero-order valence-electron chi connectivity index (χ0n) is 25.7. The van der Waals surface area contributed by atoms with Crippen molar-refractivity contribution in [3.8, 4) is 44.6 Å². The third kappa shape index (κ3) is 4.27. The Balaban J connectivity index is 1.06. The quantitative estimate of drug-likeness (QED) is 0.194. The molecule has 0 N–H and O–H groups in total. The van der Waals surface area contributed by atoms with Crippen molar-refractivity contribution in [1.29, 1.82) is 0 Å². The second-order valence-electron chi connectivity index (χ2n) is 12.2. The largest absolute Gasteiger partial charge is 0.436 e. The Bertz CT molecular complexity index is 2850. The van der Waals surface area contributed by atoms with Crippen molar-refractivity contribution in [3.05, 3.63) is 158 Å². The van der Waals surface area contributed by atoms with Gasteiger partial charge in [0.05, 0.1) is 11.9 Å². The van der Waals surface area contributed by atoms with Crippen LogP contribution in [0.3, 0.4) is 0 Å². The van der Waals surface area contributed by atoms with Crippen LogP contribution < -0.4 is 0 Å². The fourth-order valence-electron chi connectivity index (χ4n) is 7.05. The van der Waals surface area contributed by atoms with Crippen LogP contribution in [0, 0.1) is 0 Å². The van der Waals surface area contributed by atoms with Crippen molar-refractivity contribution in [3.63, 3.8) is 0 Å². The van der Waals surface area contributed by atoms with Gasteiger partial charge in [-0.3, -0.25) is 0 Å². The summed E-state index contributed by atoms with van der Waals surface area (Å²) in [5, 5.41) is 5.80. The van der Waals surface area contributed by atoms with E-state index in [0.29, 0.717) is 5.71 Å². The van der Waals surface area contributed by atoms with Crippen LogP contribution in [0.4, 0.5) is 0 Å². The zero-order valence-corrected chi connectivity index (χ0v) is 26.5. The average molecular weight is 631 g/mol. The van der Waals surface area contributed by atoms with E-state index >= 15 is 0 Å². The molecule has 0 aliphatic heterocycles. The summed E-state index contributed by atoms with van der Waals surface area (Å²) in [6, 6.07) is 53.7. The molecule has 10 aromatic rings. The molecular formula is C44H26N2OS. The lowest BCUT2D eigenvalue weighted by Gasteiger charge is -2.09. The number of fused-ring (bicyclic) bond motifs is 8. The number of hydrogen-bond donors (Lipinski definition) is 0. The lowest BCUT2D eigenvalue weighted by molar-refractivity contribution is 0.657. The molecule has 3 heterocycles. The smallest absolute Gasteiger partial charge is 0.246 e. The topological polar surface area (TPSA) is 38.9 Å². The van der Waals surface area contributed by atoms with Gasteiger partial charge >= 0.3 is 0 Å². The summed E-state index contributed by atoms with van der Waals surface area (Å²) in [4.78, 5) is 9.95. The Hall–Kier alpha value is -6.10. The predicted octanol–water partition coefficient (Wildman–Crippen LogP) is 12.6. The van der Waals surface area contributed by atoms with Gasteiger partial charge in [0, 0.05) is 36.5 Å². The number of benzene rings is 7. The first-order chi connectivity index (χ1) is 23.8. The van der Waals surface area contributed by atoms with E-state index in [1.54, 1.807) is 0 Å². The van der Waals surface area contributed by atoms with Gasteiger partial charge in [0.15, 0.2) is 0 Å². The average Bonchev–Trinajstić information content (AvgIpc) is 3.73. The van der Waals surface area contributed by atoms with Crippen LogP contribution in [0.1, 0.15) is 0 Å². The van der Waals surface area contributed by atoms with Crippen LogP contribution >= 0.6 is 11.3 Å². The third-order valence-corrected chi connectivity index (χ3v) is 10.6. The summed E-state index contributed by atoms with van der Waals surface area (Å²) < 4.78 is 9.12. The number of rotatable bonds is 4. The fourth-order valence-corrected chi connectivity index (χ4v) is 8.29. The number of aromatic nitrogens is 2. The maximum Gasteiger partial charge on any atom is 0.246 e. The van der Waals surface area contributed by atoms with Crippen molar-refractivity contribution in [2.45, 2.75) is 0 Å². The van der Waals surface area contributed by atoms with Gasteiger partial charge in [0.1, 0.15) is 11.1 Å². The maximum absolute atomic E-state index is 6.48. The molecule has 0 spiro atoms. The van der Waals surface area contributed by atoms with Crippen molar-refractivity contribution >= 4 is 64.5 Å². The molecule has 0 unspecified atom stereocenters. The van der Waals surface area contributed by atoms with Gasteiger partial charge in [0.25, 0.3) is 0 Å². The molecule has 0 saturated heterocycles. The Labute approximate surface area is 280 Å². The molecule has 10 rings (SSSR count). The molecule has 3 aromatic heterocycles. The normalized spacial score (nSPS) is 11.8. The highest BCUT2D eigenvalue weighted by molar-refractivity contribution is 7.26. The van der Waals surface area contributed by atoms with E-state index in [9.17, 15) is 0 Å². The minimum Gasteiger partial charge on any atom is -0.436 e. The Morgan fingerprint density at radius 3 is 1.96 bits per heavy atom. The SMILES string of the molecule is c1ccc(-c2cc3c4ncc(-c5cccc(-c6cccc(-c7cccc8c7sc7ccccc78)c6)c5)nc4oc3c3ccccc23)cc1. The van der Waals surface area contributed by atoms with Gasteiger partial charge < -0.3 is 4.42 Å². The maximum atomic E-state index is 6.48. The van der Waals surface area contributed by atoms with E-state index in [-0.39, 0.29) is 0 Å². The van der Waals surface area contributed by atoms with Crippen molar-refractivity contribution < 1.29 is 4.42 Å². The Morgan fingerprint density at radius 1 is 0.458 bits per heavy atom. The highest BCUT2D eigenvalue weighted by Gasteiger charge is 2.18. The van der Waals surface area contributed by atoms with E-state index in [4.69, 9.17) is 14.4 Å². The number of furan rings is 1. The van der Waals surface area contributed by atoms with Crippen LogP contribution in [-0.2, 0) is 0 Å². The molecule has 0 aliphatic carbocycles. The van der Waals surface area contributed by atoms with E-state index in [0.717, 1.165) is 60.8 Å². The van der Waals surface area contributed by atoms with Crippen LogP contribution in [-0.4, -0.2) is 9.97 Å². The molecule has 0 amide bonds. The molecular weight excluding hydrogens is 605 g/mol. The lowest BCUT2D eigenvalue weighted by Crippen LogP contribution is -1.88. The monoisotopic (exact) mass is 630 g/mol. The van der Waals surface area contributed by atoms with E-state index in [1.165, 1.54) is 31.3 Å². The molecule has 7 aromatic carbocycles. The lowest BCUT2D eigenvalue weighted by atomic mass is 9.96. The van der Waals surface area contributed by atoms with E-state index < -0.39 is 0 Å². The van der Waals surface area contributed by atoms with Crippen LogP contribution in [0.15, 0.2) is 162 Å². The van der Waals surface area contributed by atoms with Crippen LogP contribution in [0.25, 0.3) is 97.8 Å². The van der Waals surface area contributed by atoms with Gasteiger partial charge in [-0.1, -0.05) is 127 Å². The summed E-state index contributed by atoms with van der Waals surface area (Å²) in [5.74, 6) is 0. The van der Waals surface area contributed by atoms with Crippen molar-refractivity contribution in [2.24, 2.45) is 0 Å². The van der Waals surface area contributed by atoms with Crippen LogP contribution in [0.5, 0.6) is 0 Å². The van der Waals surface area contributed by atoms with Crippen LogP contribution in [0.2, 0.25) is 0 Å². The third-order valence-electron chi connectivity index (χ3n) is 9.34. The van der Waals surface area contributed by atoms with Gasteiger partial charge in [-0.25, -0.2) is 9.97 Å². The zero-order chi connectivity index (χ0) is 31.6. The second-order valence-corrected chi connectivity index (χ2v) is 13.2. The molecule has 0 fully saturated rings. The number of nitrogens with zero attached hydrogens (tertiary/aromatic N) is 2. The molecule has 4 heteroatoms. The minimum atomic E-state index is 0.543. The predicted molar refractivity (Wildman–Crippen MR) is 201 cm³/mol. The Kier molecular flexibility index (Phi) is 6.05. The van der Waals surface area contributed by atoms with Gasteiger partial charge in [-0.15, -0.1) is 11.3 Å². The molecule has 0 aliphatic rings. The highest BCUT2D eigenvalue weighted by Crippen LogP contribution is 2.42. The summed E-state index contributed by atoms with van der Waals surface area (Å²) in [7, 11) is 0. The molecule has 224 valence electrons. The first kappa shape index (κ1) is 27.1. The first-order valence-electron chi connectivity index (χ1n) is 16.1. The summed E-state index contributed by atoms with van der Waals surface area (Å²) in [6.45, 7) is 0. The van der Waals surface area contributed by atoms with Gasteiger partial charge in [0.2, 0.25) is 5.71 Å². The molecule has 0 saturated carbocycles. The van der Waals surface area contributed by atoms with Gasteiger partial charge in [-0.2, -0.15) is 0 Å². The van der Waals surface area contributed by atoms with Crippen molar-refractivity contribution in [2.75, 3.05) is 0 Å². The molecule has 48 heavy (non-hydrogen) atoms. The molecule has 0 atom stereocenters. The molecule has 0 bridgehead atoms. The number of thiophene rings is 1. The number of hydrogen-bond acceptors (Lipinski definition) is 4. The standard InChI is InChI=1S/C44H26N2OS/c1-2-11-27(12-3-1)37-25-38-41-44(47-42(38)35-19-5-4-17-33(35)37)46-39(26-45-41)31-16-9-14-29(24-31)28-13-8-15-30(23-28)32-20-10-21-36-34-18-6-7-22-40(34)48-43(32)36/h1-26H. The fraction of sp³-hybridized carbons (Fsp3) is 0. The molecule has 0 radical (unpaired) electrons. The second kappa shape index (κ2) is 10.7. The Morgan fingerprint density at radius 2 is 1.10 bits per heavy atom. The summed E-state index contributed by atoms with van der Waals surface area (Å²) in [5.41, 5.74) is 11.0.